The topological polar surface area (TPSA) is 20.3 Å². The largest absolute Gasteiger partial charge is 0.343 e. The highest BCUT2D eigenvalue weighted by atomic mass is 16.1. The lowest BCUT2D eigenvalue weighted by Crippen LogP contribution is -2.35. The molecule has 0 radical (unpaired) electrons. The van der Waals surface area contributed by atoms with Gasteiger partial charge in [-0.2, -0.15) is 0 Å². The molecule has 2 heteroatoms. The second-order valence-electron chi connectivity index (χ2n) is 2.69. The predicted octanol–water partition coefficient (Wildman–Crippen LogP) is 1.02. The van der Waals surface area contributed by atoms with Crippen molar-refractivity contribution < 1.29 is 4.79 Å². The molecule has 1 fully saturated rings. The zero-order valence-electron chi connectivity index (χ0n) is 5.84. The zero-order valence-corrected chi connectivity index (χ0v) is 5.84. The molecule has 1 amide bonds. The molecule has 2 nitrogen and oxygen atoms in total. The van der Waals surface area contributed by atoms with E-state index < -0.39 is 0 Å². The Kier molecular flexibility index (Phi) is 2.09. The Balaban J connectivity index is 2.38. The number of hydrogen-bond acceptors (Lipinski definition) is 1. The highest BCUT2D eigenvalue weighted by molar-refractivity contribution is 5.47. The fourth-order valence-electron chi connectivity index (χ4n) is 1.28. The van der Waals surface area contributed by atoms with Gasteiger partial charge in [0.25, 0.3) is 0 Å². The molecule has 0 saturated carbocycles. The van der Waals surface area contributed by atoms with E-state index in [0.29, 0.717) is 6.04 Å². The Hall–Kier alpha value is -0.530. The van der Waals surface area contributed by atoms with Crippen LogP contribution in [0.3, 0.4) is 0 Å². The van der Waals surface area contributed by atoms with Crippen LogP contribution in [0.2, 0.25) is 0 Å². The van der Waals surface area contributed by atoms with Crippen molar-refractivity contribution in [3.05, 3.63) is 0 Å². The molecule has 0 aliphatic carbocycles. The first-order chi connectivity index (χ1) is 4.34. The van der Waals surface area contributed by atoms with E-state index in [2.05, 4.69) is 6.92 Å². The Morgan fingerprint density at radius 1 is 1.56 bits per heavy atom. The maximum Gasteiger partial charge on any atom is 0.209 e. The minimum absolute atomic E-state index is 0.483. The molecular weight excluding hydrogens is 114 g/mol. The van der Waals surface area contributed by atoms with Crippen LogP contribution < -0.4 is 0 Å². The van der Waals surface area contributed by atoms with E-state index in [-0.39, 0.29) is 0 Å². The number of carbonyl (C=O) groups excluding carboxylic acids is 1. The van der Waals surface area contributed by atoms with Gasteiger partial charge in [-0.05, 0) is 26.2 Å². The standard InChI is InChI=1S/C7H13NO/c1-7-4-2-3-5-8(7)6-9/h6-7H,2-5H2,1H3. The van der Waals surface area contributed by atoms with Crippen LogP contribution in [0.4, 0.5) is 0 Å². The first kappa shape index (κ1) is 6.59. The van der Waals surface area contributed by atoms with E-state index in [1.165, 1.54) is 19.3 Å². The van der Waals surface area contributed by atoms with Crippen LogP contribution in [0.15, 0.2) is 0 Å². The number of amides is 1. The van der Waals surface area contributed by atoms with Crippen molar-refractivity contribution in [3.8, 4) is 0 Å². The van der Waals surface area contributed by atoms with Gasteiger partial charge in [-0.3, -0.25) is 4.79 Å². The van der Waals surface area contributed by atoms with Crippen molar-refractivity contribution in [1.29, 1.82) is 0 Å². The van der Waals surface area contributed by atoms with Gasteiger partial charge in [0.15, 0.2) is 0 Å². The summed E-state index contributed by atoms with van der Waals surface area (Å²) < 4.78 is 0. The highest BCUT2D eigenvalue weighted by Crippen LogP contribution is 2.13. The third-order valence-corrected chi connectivity index (χ3v) is 1.99. The Morgan fingerprint density at radius 3 is 2.78 bits per heavy atom. The lowest BCUT2D eigenvalue weighted by molar-refractivity contribution is -0.120. The van der Waals surface area contributed by atoms with Crippen LogP contribution >= 0.6 is 0 Å². The lowest BCUT2D eigenvalue weighted by Gasteiger charge is -2.29. The summed E-state index contributed by atoms with van der Waals surface area (Å²) >= 11 is 0. The molecule has 1 aliphatic rings. The Bertz CT molecular complexity index is 103. The van der Waals surface area contributed by atoms with Crippen LogP contribution in [0.25, 0.3) is 0 Å². The molecule has 0 aromatic rings. The number of hydrogen-bond donors (Lipinski definition) is 0. The molecule has 1 rings (SSSR count). The molecule has 0 spiro atoms. The molecule has 52 valence electrons. The van der Waals surface area contributed by atoms with Gasteiger partial charge in [0.2, 0.25) is 6.41 Å². The van der Waals surface area contributed by atoms with Crippen molar-refractivity contribution in [2.45, 2.75) is 32.2 Å². The summed E-state index contributed by atoms with van der Waals surface area (Å²) in [6, 6.07) is 0.483. The summed E-state index contributed by atoms with van der Waals surface area (Å²) in [6.45, 7) is 3.07. The van der Waals surface area contributed by atoms with Crippen molar-refractivity contribution >= 4 is 6.41 Å². The van der Waals surface area contributed by atoms with Crippen molar-refractivity contribution in [3.63, 3.8) is 0 Å². The molecule has 1 saturated heterocycles. The zero-order chi connectivity index (χ0) is 6.69. The first-order valence-electron chi connectivity index (χ1n) is 3.55. The number of rotatable bonds is 1. The van der Waals surface area contributed by atoms with Crippen LogP contribution in [0.1, 0.15) is 26.2 Å². The van der Waals surface area contributed by atoms with Crippen LogP contribution in [0.5, 0.6) is 0 Å². The maximum atomic E-state index is 10.3. The average Bonchev–Trinajstić information content (AvgIpc) is 1.89. The van der Waals surface area contributed by atoms with Crippen LogP contribution in [-0.4, -0.2) is 23.9 Å². The molecule has 0 aromatic carbocycles. The van der Waals surface area contributed by atoms with Gasteiger partial charge in [-0.1, -0.05) is 0 Å². The van der Waals surface area contributed by atoms with Crippen molar-refractivity contribution in [2.75, 3.05) is 6.54 Å². The lowest BCUT2D eigenvalue weighted by atomic mass is 10.1. The van der Waals surface area contributed by atoms with Gasteiger partial charge in [0.05, 0.1) is 0 Å². The first-order valence-corrected chi connectivity index (χ1v) is 3.55. The summed E-state index contributed by atoms with van der Waals surface area (Å²) in [5.74, 6) is 0. The molecule has 0 aromatic heterocycles. The fraction of sp³-hybridized carbons (Fsp3) is 0.857. The molecule has 0 bridgehead atoms. The summed E-state index contributed by atoms with van der Waals surface area (Å²) in [5.41, 5.74) is 0. The second-order valence-corrected chi connectivity index (χ2v) is 2.69. The Morgan fingerprint density at radius 2 is 2.33 bits per heavy atom. The number of carbonyl (C=O) groups is 1. The van der Waals surface area contributed by atoms with E-state index >= 15 is 0 Å². The predicted molar refractivity (Wildman–Crippen MR) is 36.1 cm³/mol. The molecule has 0 N–H and O–H groups in total. The monoisotopic (exact) mass is 127 g/mol. The quantitative estimate of drug-likeness (QED) is 0.481. The molecular formula is C7H13NO. The van der Waals surface area contributed by atoms with Crippen molar-refractivity contribution in [2.24, 2.45) is 0 Å². The number of nitrogens with zero attached hydrogens (tertiary/aromatic N) is 1. The average molecular weight is 127 g/mol. The summed E-state index contributed by atoms with van der Waals surface area (Å²) in [7, 11) is 0. The number of piperidine rings is 1. The van der Waals surface area contributed by atoms with Gasteiger partial charge < -0.3 is 4.90 Å². The van der Waals surface area contributed by atoms with Gasteiger partial charge in [-0.15, -0.1) is 0 Å². The van der Waals surface area contributed by atoms with Gasteiger partial charge in [0, 0.05) is 12.6 Å². The SMILES string of the molecule is CC1CCCCN1C=O. The van der Waals surface area contributed by atoms with E-state index in [1.807, 2.05) is 4.90 Å². The maximum absolute atomic E-state index is 10.3. The van der Waals surface area contributed by atoms with E-state index in [1.54, 1.807) is 0 Å². The molecule has 9 heavy (non-hydrogen) atoms. The molecule has 1 unspecified atom stereocenters. The highest BCUT2D eigenvalue weighted by Gasteiger charge is 2.14. The smallest absolute Gasteiger partial charge is 0.209 e. The third kappa shape index (κ3) is 1.44. The van der Waals surface area contributed by atoms with Crippen LogP contribution in [-0.2, 0) is 4.79 Å². The van der Waals surface area contributed by atoms with E-state index in [4.69, 9.17) is 0 Å². The van der Waals surface area contributed by atoms with E-state index in [9.17, 15) is 4.79 Å². The summed E-state index contributed by atoms with van der Waals surface area (Å²) in [4.78, 5) is 12.2. The normalized spacial score (nSPS) is 28.1. The molecule has 1 heterocycles. The summed E-state index contributed by atoms with van der Waals surface area (Å²) in [5, 5.41) is 0. The van der Waals surface area contributed by atoms with E-state index in [0.717, 1.165) is 13.0 Å². The fourth-order valence-corrected chi connectivity index (χ4v) is 1.28. The third-order valence-electron chi connectivity index (χ3n) is 1.99. The molecule has 1 atom stereocenters. The van der Waals surface area contributed by atoms with Crippen molar-refractivity contribution in [1.82, 2.24) is 4.90 Å². The van der Waals surface area contributed by atoms with Gasteiger partial charge in [-0.25, -0.2) is 0 Å². The summed E-state index contributed by atoms with van der Waals surface area (Å²) in [6.07, 6.45) is 4.61. The Labute approximate surface area is 55.8 Å². The second kappa shape index (κ2) is 2.85. The minimum atomic E-state index is 0.483. The van der Waals surface area contributed by atoms with Gasteiger partial charge >= 0.3 is 0 Å². The van der Waals surface area contributed by atoms with Crippen LogP contribution in [0, 0.1) is 0 Å². The molecule has 1 aliphatic heterocycles. The number of likely N-dealkylation sites (tertiary alicyclic amines) is 1. The van der Waals surface area contributed by atoms with Gasteiger partial charge in [0.1, 0.15) is 0 Å². The minimum Gasteiger partial charge on any atom is -0.343 e.